The van der Waals surface area contributed by atoms with E-state index in [9.17, 15) is 8.42 Å². The van der Waals surface area contributed by atoms with Crippen LogP contribution in [0.3, 0.4) is 0 Å². The minimum Gasteiger partial charge on any atom is -0.382 e. The smallest absolute Gasteiger partial charge is 0.296 e. The molecule has 0 bridgehead atoms. The largest absolute Gasteiger partial charge is 0.382 e. The Balaban J connectivity index is 2.07. The highest BCUT2D eigenvalue weighted by atomic mass is 32.2. The van der Waals surface area contributed by atoms with Gasteiger partial charge in [0.15, 0.2) is 0 Å². The lowest BCUT2D eigenvalue weighted by molar-refractivity contribution is 0.281. The third-order valence-corrected chi connectivity index (χ3v) is 4.45. The molecule has 0 spiro atoms. The van der Waals surface area contributed by atoms with Crippen LogP contribution in [0.2, 0.25) is 0 Å². The van der Waals surface area contributed by atoms with Gasteiger partial charge in [-0.1, -0.05) is 26.3 Å². The lowest BCUT2D eigenvalue weighted by Gasteiger charge is -2.34. The Morgan fingerprint density at radius 3 is 2.60 bits per heavy atom. The van der Waals surface area contributed by atoms with Crippen LogP contribution < -0.4 is 15.2 Å². The molecule has 5 nitrogen and oxygen atoms in total. The molecule has 0 aromatic heterocycles. The summed E-state index contributed by atoms with van der Waals surface area (Å²) in [6.45, 7) is 4.54. The van der Waals surface area contributed by atoms with Crippen molar-refractivity contribution in [2.24, 2.45) is 17.0 Å². The predicted octanol–water partition coefficient (Wildman–Crippen LogP) is 2.54. The number of rotatable bonds is 4. The van der Waals surface area contributed by atoms with Crippen LogP contribution in [0.4, 0.5) is 11.4 Å². The van der Waals surface area contributed by atoms with Gasteiger partial charge in [0, 0.05) is 11.7 Å². The molecule has 1 fully saturated rings. The summed E-state index contributed by atoms with van der Waals surface area (Å²) in [4.78, 5) is 0. The van der Waals surface area contributed by atoms with Crippen LogP contribution in [0.1, 0.15) is 33.1 Å². The molecule has 3 unspecified atom stereocenters. The highest BCUT2D eigenvalue weighted by Crippen LogP contribution is 2.31. The maximum absolute atomic E-state index is 11.0. The summed E-state index contributed by atoms with van der Waals surface area (Å²) in [5, 5.41) is 8.49. The standard InChI is InChI=1S/C14H23N3O2S/c1-10-6-7-11(2)14(8-10)16-12-4-3-5-13(9-12)17-20(15,18)19/h3-5,9-11,14,16-17H,6-8H2,1-2H3,(H2,15,18,19). The molecule has 4 N–H and O–H groups in total. The Hall–Kier alpha value is -1.27. The monoisotopic (exact) mass is 297 g/mol. The van der Waals surface area contributed by atoms with Gasteiger partial charge in [-0.2, -0.15) is 8.42 Å². The molecular weight excluding hydrogens is 274 g/mol. The van der Waals surface area contributed by atoms with E-state index in [0.717, 1.165) is 18.0 Å². The van der Waals surface area contributed by atoms with Crippen LogP contribution >= 0.6 is 0 Å². The number of nitrogens with one attached hydrogen (secondary N) is 2. The van der Waals surface area contributed by atoms with Gasteiger partial charge in [-0.15, -0.1) is 0 Å². The molecule has 0 heterocycles. The molecule has 0 radical (unpaired) electrons. The second kappa shape index (κ2) is 6.01. The summed E-state index contributed by atoms with van der Waals surface area (Å²) in [6, 6.07) is 7.65. The molecule has 112 valence electrons. The van der Waals surface area contributed by atoms with Crippen molar-refractivity contribution in [2.45, 2.75) is 39.2 Å². The van der Waals surface area contributed by atoms with Gasteiger partial charge in [-0.05, 0) is 42.9 Å². The summed E-state index contributed by atoms with van der Waals surface area (Å²) >= 11 is 0. The van der Waals surface area contributed by atoms with E-state index in [1.54, 1.807) is 12.1 Å². The zero-order valence-corrected chi connectivity index (χ0v) is 12.8. The minimum atomic E-state index is -3.72. The van der Waals surface area contributed by atoms with E-state index in [2.05, 4.69) is 23.9 Å². The Labute approximate surface area is 121 Å². The van der Waals surface area contributed by atoms with Crippen LogP contribution in [0.5, 0.6) is 0 Å². The molecule has 2 rings (SSSR count). The zero-order valence-electron chi connectivity index (χ0n) is 12.0. The Morgan fingerprint density at radius 1 is 1.20 bits per heavy atom. The normalized spacial score (nSPS) is 27.1. The topological polar surface area (TPSA) is 84.2 Å². The molecule has 20 heavy (non-hydrogen) atoms. The highest BCUT2D eigenvalue weighted by molar-refractivity contribution is 7.90. The summed E-state index contributed by atoms with van der Waals surface area (Å²) in [5.74, 6) is 1.36. The Bertz CT molecular complexity index is 559. The first kappa shape index (κ1) is 15.1. The van der Waals surface area contributed by atoms with E-state index in [0.29, 0.717) is 17.6 Å². The lowest BCUT2D eigenvalue weighted by atomic mass is 9.80. The fourth-order valence-electron chi connectivity index (χ4n) is 2.78. The fourth-order valence-corrected chi connectivity index (χ4v) is 3.24. The summed E-state index contributed by atoms with van der Waals surface area (Å²) in [6.07, 6.45) is 3.66. The van der Waals surface area contributed by atoms with Gasteiger partial charge in [0.05, 0.1) is 5.69 Å². The number of nitrogens with two attached hydrogens (primary N) is 1. The van der Waals surface area contributed by atoms with E-state index >= 15 is 0 Å². The molecule has 0 amide bonds. The van der Waals surface area contributed by atoms with Crippen molar-refractivity contribution in [3.63, 3.8) is 0 Å². The Kier molecular flexibility index (Phi) is 4.55. The molecule has 3 atom stereocenters. The molecule has 0 saturated heterocycles. The van der Waals surface area contributed by atoms with Crippen molar-refractivity contribution >= 4 is 21.6 Å². The first-order valence-corrected chi connectivity index (χ1v) is 8.55. The SMILES string of the molecule is CC1CCC(C)C(Nc2cccc(NS(N)(=O)=O)c2)C1. The van der Waals surface area contributed by atoms with Gasteiger partial charge in [-0.25, -0.2) is 5.14 Å². The minimum absolute atomic E-state index is 0.434. The average molecular weight is 297 g/mol. The molecule has 1 aliphatic rings. The first-order chi connectivity index (χ1) is 9.33. The van der Waals surface area contributed by atoms with Gasteiger partial charge in [0.25, 0.3) is 10.2 Å². The second-order valence-corrected chi connectivity index (χ2v) is 7.17. The maximum Gasteiger partial charge on any atom is 0.296 e. The molecular formula is C14H23N3O2S. The third-order valence-electron chi connectivity index (χ3n) is 3.93. The molecule has 6 heteroatoms. The van der Waals surface area contributed by atoms with Crippen LogP contribution in [0.25, 0.3) is 0 Å². The quantitative estimate of drug-likeness (QED) is 0.798. The van der Waals surface area contributed by atoms with Gasteiger partial charge in [0.2, 0.25) is 0 Å². The lowest BCUT2D eigenvalue weighted by Crippen LogP contribution is -2.33. The summed E-state index contributed by atoms with van der Waals surface area (Å²) in [5.41, 5.74) is 1.40. The van der Waals surface area contributed by atoms with Crippen LogP contribution in [0, 0.1) is 11.8 Å². The molecule has 1 aromatic carbocycles. The molecule has 1 aliphatic carbocycles. The average Bonchev–Trinajstić information content (AvgIpc) is 2.32. The van der Waals surface area contributed by atoms with Crippen molar-refractivity contribution in [1.82, 2.24) is 0 Å². The molecule has 0 aliphatic heterocycles. The maximum atomic E-state index is 11.0. The molecule has 1 aromatic rings. The van der Waals surface area contributed by atoms with E-state index in [1.165, 1.54) is 12.8 Å². The second-order valence-electron chi connectivity index (χ2n) is 5.87. The van der Waals surface area contributed by atoms with Crippen molar-refractivity contribution in [3.05, 3.63) is 24.3 Å². The van der Waals surface area contributed by atoms with Gasteiger partial charge in [0.1, 0.15) is 0 Å². The highest BCUT2D eigenvalue weighted by Gasteiger charge is 2.25. The summed E-state index contributed by atoms with van der Waals surface area (Å²) in [7, 11) is -3.72. The van der Waals surface area contributed by atoms with Crippen molar-refractivity contribution in [2.75, 3.05) is 10.0 Å². The van der Waals surface area contributed by atoms with Gasteiger partial charge >= 0.3 is 0 Å². The van der Waals surface area contributed by atoms with Crippen LogP contribution in [-0.4, -0.2) is 14.5 Å². The number of anilines is 2. The van der Waals surface area contributed by atoms with E-state index in [1.807, 2.05) is 12.1 Å². The van der Waals surface area contributed by atoms with Gasteiger partial charge in [-0.3, -0.25) is 4.72 Å². The first-order valence-electron chi connectivity index (χ1n) is 7.00. The van der Waals surface area contributed by atoms with Crippen molar-refractivity contribution in [3.8, 4) is 0 Å². The summed E-state index contributed by atoms with van der Waals surface area (Å²) < 4.78 is 24.4. The molecule has 1 saturated carbocycles. The zero-order chi connectivity index (χ0) is 14.8. The van der Waals surface area contributed by atoms with E-state index in [4.69, 9.17) is 5.14 Å². The Morgan fingerprint density at radius 2 is 1.90 bits per heavy atom. The van der Waals surface area contributed by atoms with Crippen molar-refractivity contribution in [1.29, 1.82) is 0 Å². The fraction of sp³-hybridized carbons (Fsp3) is 0.571. The third kappa shape index (κ3) is 4.38. The number of hydrogen-bond donors (Lipinski definition) is 3. The number of hydrogen-bond acceptors (Lipinski definition) is 3. The predicted molar refractivity (Wildman–Crippen MR) is 82.8 cm³/mol. The van der Waals surface area contributed by atoms with E-state index in [-0.39, 0.29) is 0 Å². The van der Waals surface area contributed by atoms with Crippen molar-refractivity contribution < 1.29 is 8.42 Å². The van der Waals surface area contributed by atoms with E-state index < -0.39 is 10.2 Å². The van der Waals surface area contributed by atoms with Crippen LogP contribution in [-0.2, 0) is 10.2 Å². The number of benzene rings is 1. The van der Waals surface area contributed by atoms with Gasteiger partial charge < -0.3 is 5.32 Å². The van der Waals surface area contributed by atoms with Crippen LogP contribution in [0.15, 0.2) is 24.3 Å².